The number of carbonyl (C=O) groups excluding carboxylic acids is 2. The first-order valence-electron chi connectivity index (χ1n) is 8.92. The number of ether oxygens (including phenoxy) is 1. The fourth-order valence-corrected chi connectivity index (χ4v) is 2.75. The van der Waals surface area contributed by atoms with Crippen molar-refractivity contribution in [2.75, 3.05) is 5.32 Å². The average Bonchev–Trinajstić information content (AvgIpc) is 2.74. The molecule has 1 unspecified atom stereocenters. The van der Waals surface area contributed by atoms with Gasteiger partial charge in [-0.2, -0.15) is 0 Å². The number of hydrogen-bond donors (Lipinski definition) is 1. The molecule has 0 aromatic heterocycles. The van der Waals surface area contributed by atoms with Crippen molar-refractivity contribution >= 4 is 23.3 Å². The summed E-state index contributed by atoms with van der Waals surface area (Å²) in [6, 6.07) is 17.4. The van der Waals surface area contributed by atoms with Gasteiger partial charge >= 0.3 is 5.97 Å². The lowest BCUT2D eigenvalue weighted by Gasteiger charge is -2.18. The number of amides is 1. The van der Waals surface area contributed by atoms with Gasteiger partial charge in [-0.25, -0.2) is 9.18 Å². The zero-order chi connectivity index (χ0) is 21.7. The number of aryl methyl sites for hydroxylation is 1. The third-order valence-electron chi connectivity index (χ3n) is 4.32. The van der Waals surface area contributed by atoms with Crippen LogP contribution < -0.4 is 5.32 Å². The van der Waals surface area contributed by atoms with E-state index in [0.717, 1.165) is 6.07 Å². The number of hydrogen-bond acceptors (Lipinski definition) is 5. The van der Waals surface area contributed by atoms with Crippen LogP contribution in [0.4, 0.5) is 15.8 Å². The van der Waals surface area contributed by atoms with E-state index in [1.807, 2.05) is 0 Å². The SMILES string of the molecule is Cc1ccc(C(=O)OC(C(=O)Nc2ccc(F)cc2)c2ccccc2)cc1[N+](=O)[O-]. The number of rotatable bonds is 6. The lowest BCUT2D eigenvalue weighted by Crippen LogP contribution is -2.26. The molecule has 1 atom stereocenters. The van der Waals surface area contributed by atoms with Gasteiger partial charge in [0.05, 0.1) is 10.5 Å². The minimum atomic E-state index is -1.32. The Labute approximate surface area is 171 Å². The van der Waals surface area contributed by atoms with E-state index >= 15 is 0 Å². The molecule has 0 bridgehead atoms. The van der Waals surface area contributed by atoms with Crippen molar-refractivity contribution in [3.05, 3.63) is 105 Å². The van der Waals surface area contributed by atoms with E-state index in [1.54, 1.807) is 37.3 Å². The minimum Gasteiger partial charge on any atom is -0.444 e. The van der Waals surface area contributed by atoms with Crippen LogP contribution in [0.3, 0.4) is 0 Å². The maximum atomic E-state index is 13.1. The summed E-state index contributed by atoms with van der Waals surface area (Å²) in [4.78, 5) is 36.0. The van der Waals surface area contributed by atoms with Crippen LogP contribution in [0.25, 0.3) is 0 Å². The highest BCUT2D eigenvalue weighted by atomic mass is 19.1. The minimum absolute atomic E-state index is 0.0530. The number of nitro groups is 1. The first-order valence-corrected chi connectivity index (χ1v) is 8.92. The average molecular weight is 408 g/mol. The molecule has 3 aromatic carbocycles. The van der Waals surface area contributed by atoms with Gasteiger partial charge in [-0.1, -0.05) is 36.4 Å². The molecule has 0 saturated heterocycles. The Morgan fingerprint density at radius 1 is 1.03 bits per heavy atom. The van der Waals surface area contributed by atoms with Gasteiger partial charge in [0.1, 0.15) is 5.82 Å². The van der Waals surface area contributed by atoms with E-state index in [0.29, 0.717) is 16.8 Å². The molecular weight excluding hydrogens is 391 g/mol. The predicted molar refractivity (Wildman–Crippen MR) is 107 cm³/mol. The Morgan fingerprint density at radius 3 is 2.33 bits per heavy atom. The highest BCUT2D eigenvalue weighted by Crippen LogP contribution is 2.24. The maximum absolute atomic E-state index is 13.1. The van der Waals surface area contributed by atoms with Gasteiger partial charge in [-0.15, -0.1) is 0 Å². The number of benzene rings is 3. The Hall–Kier alpha value is -4.07. The lowest BCUT2D eigenvalue weighted by molar-refractivity contribution is -0.385. The molecule has 0 saturated carbocycles. The molecule has 30 heavy (non-hydrogen) atoms. The van der Waals surface area contributed by atoms with Crippen molar-refractivity contribution < 1.29 is 23.6 Å². The smallest absolute Gasteiger partial charge is 0.339 e. The largest absolute Gasteiger partial charge is 0.444 e. The van der Waals surface area contributed by atoms with Crippen molar-refractivity contribution in [3.8, 4) is 0 Å². The van der Waals surface area contributed by atoms with Crippen LogP contribution in [0.2, 0.25) is 0 Å². The molecular formula is C22H17FN2O5. The molecule has 152 valence electrons. The van der Waals surface area contributed by atoms with Crippen molar-refractivity contribution in [1.82, 2.24) is 0 Å². The molecule has 3 aromatic rings. The zero-order valence-corrected chi connectivity index (χ0v) is 15.9. The molecule has 3 rings (SSSR count). The van der Waals surface area contributed by atoms with E-state index in [2.05, 4.69) is 5.32 Å². The number of nitrogens with one attached hydrogen (secondary N) is 1. The fraction of sp³-hybridized carbons (Fsp3) is 0.0909. The third-order valence-corrected chi connectivity index (χ3v) is 4.32. The van der Waals surface area contributed by atoms with Gasteiger partial charge in [0.15, 0.2) is 0 Å². The van der Waals surface area contributed by atoms with Gasteiger partial charge in [-0.05, 0) is 37.3 Å². The van der Waals surface area contributed by atoms with Crippen molar-refractivity contribution in [1.29, 1.82) is 0 Å². The van der Waals surface area contributed by atoms with Crippen molar-refractivity contribution in [2.45, 2.75) is 13.0 Å². The van der Waals surface area contributed by atoms with E-state index < -0.39 is 28.7 Å². The number of esters is 1. The summed E-state index contributed by atoms with van der Waals surface area (Å²) in [7, 11) is 0. The number of nitrogens with zero attached hydrogens (tertiary/aromatic N) is 1. The van der Waals surface area contributed by atoms with E-state index in [1.165, 1.54) is 36.4 Å². The van der Waals surface area contributed by atoms with E-state index in [-0.39, 0.29) is 11.3 Å². The molecule has 0 aliphatic heterocycles. The van der Waals surface area contributed by atoms with Crippen LogP contribution in [0.1, 0.15) is 27.6 Å². The van der Waals surface area contributed by atoms with Crippen LogP contribution in [-0.4, -0.2) is 16.8 Å². The molecule has 1 N–H and O–H groups in total. The molecule has 1 amide bonds. The van der Waals surface area contributed by atoms with Crippen LogP contribution in [0, 0.1) is 22.9 Å². The van der Waals surface area contributed by atoms with Crippen LogP contribution in [0.5, 0.6) is 0 Å². The highest BCUT2D eigenvalue weighted by Gasteiger charge is 2.27. The molecule has 8 heteroatoms. The summed E-state index contributed by atoms with van der Waals surface area (Å²) < 4.78 is 18.5. The fourth-order valence-electron chi connectivity index (χ4n) is 2.75. The summed E-state index contributed by atoms with van der Waals surface area (Å²) >= 11 is 0. The third kappa shape index (κ3) is 4.85. The quantitative estimate of drug-likeness (QED) is 0.366. The van der Waals surface area contributed by atoms with Crippen LogP contribution in [0.15, 0.2) is 72.8 Å². The molecule has 0 aliphatic carbocycles. The molecule has 0 heterocycles. The summed E-state index contributed by atoms with van der Waals surface area (Å²) in [5, 5.41) is 13.7. The summed E-state index contributed by atoms with van der Waals surface area (Å²) in [5.41, 5.74) is 0.848. The normalized spacial score (nSPS) is 11.4. The van der Waals surface area contributed by atoms with Crippen molar-refractivity contribution in [3.63, 3.8) is 0 Å². The molecule has 0 aliphatic rings. The second-order valence-electron chi connectivity index (χ2n) is 6.45. The van der Waals surface area contributed by atoms with Gasteiger partial charge in [0, 0.05) is 22.9 Å². The summed E-state index contributed by atoms with van der Waals surface area (Å²) in [6.07, 6.45) is -1.32. The molecule has 7 nitrogen and oxygen atoms in total. The monoisotopic (exact) mass is 408 g/mol. The molecule has 0 fully saturated rings. The van der Waals surface area contributed by atoms with Crippen LogP contribution in [-0.2, 0) is 9.53 Å². The number of carbonyl (C=O) groups is 2. The summed E-state index contributed by atoms with van der Waals surface area (Å²) in [6.45, 7) is 1.55. The second kappa shape index (κ2) is 8.95. The Morgan fingerprint density at radius 2 is 1.70 bits per heavy atom. The van der Waals surface area contributed by atoms with Crippen molar-refractivity contribution in [2.24, 2.45) is 0 Å². The van der Waals surface area contributed by atoms with E-state index in [9.17, 15) is 24.1 Å². The van der Waals surface area contributed by atoms with Gasteiger partial charge in [0.2, 0.25) is 6.10 Å². The standard InChI is InChI=1S/C22H17FN2O5/c1-14-7-8-16(13-19(14)25(28)29)22(27)30-20(15-5-3-2-4-6-15)21(26)24-18-11-9-17(23)10-12-18/h2-13,20H,1H3,(H,24,26). The maximum Gasteiger partial charge on any atom is 0.339 e. The Kier molecular flexibility index (Phi) is 6.17. The topological polar surface area (TPSA) is 98.5 Å². The highest BCUT2D eigenvalue weighted by molar-refractivity contribution is 5.98. The summed E-state index contributed by atoms with van der Waals surface area (Å²) in [5.74, 6) is -2.00. The number of anilines is 1. The lowest BCUT2D eigenvalue weighted by atomic mass is 10.1. The Bertz CT molecular complexity index is 1080. The van der Waals surface area contributed by atoms with Crippen LogP contribution >= 0.6 is 0 Å². The molecule has 0 radical (unpaired) electrons. The van der Waals surface area contributed by atoms with Gasteiger partial charge in [0.25, 0.3) is 11.6 Å². The first-order chi connectivity index (χ1) is 14.3. The zero-order valence-electron chi connectivity index (χ0n) is 15.9. The van der Waals surface area contributed by atoms with Gasteiger partial charge < -0.3 is 10.1 Å². The number of halogens is 1. The second-order valence-corrected chi connectivity index (χ2v) is 6.45. The number of nitro benzene ring substituents is 1. The van der Waals surface area contributed by atoms with Gasteiger partial charge in [-0.3, -0.25) is 14.9 Å². The predicted octanol–water partition coefficient (Wildman–Crippen LogP) is 4.58. The van der Waals surface area contributed by atoms with E-state index in [4.69, 9.17) is 4.74 Å². The first kappa shape index (κ1) is 20.7. The Balaban J connectivity index is 1.87. The molecule has 0 spiro atoms.